The van der Waals surface area contributed by atoms with E-state index in [0.717, 1.165) is 18.7 Å². The Morgan fingerprint density at radius 2 is 1.94 bits per heavy atom. The van der Waals surface area contributed by atoms with Crippen molar-refractivity contribution in [1.29, 1.82) is 0 Å². The monoisotopic (exact) mass is 218 g/mol. The minimum Gasteiger partial charge on any atom is -0.309 e. The Hall–Kier alpha value is -1.12. The van der Waals surface area contributed by atoms with E-state index in [1.54, 1.807) is 0 Å². The van der Waals surface area contributed by atoms with E-state index in [4.69, 9.17) is 0 Å². The highest BCUT2D eigenvalue weighted by Gasteiger charge is 2.04. The lowest BCUT2D eigenvalue weighted by molar-refractivity contribution is 0.356. The molecule has 0 saturated heterocycles. The summed E-state index contributed by atoms with van der Waals surface area (Å²) in [6, 6.07) is 10.8. The SMILES string of the molecule is C=C(CNC(C)CN(C)C)c1ccccc1. The minimum absolute atomic E-state index is 0.482. The maximum Gasteiger partial charge on any atom is 0.0208 e. The van der Waals surface area contributed by atoms with Crippen LogP contribution in [0.2, 0.25) is 0 Å². The fraction of sp³-hybridized carbons (Fsp3) is 0.429. The third-order valence-corrected chi connectivity index (χ3v) is 2.48. The molecule has 88 valence electrons. The summed E-state index contributed by atoms with van der Waals surface area (Å²) in [5, 5.41) is 3.47. The van der Waals surface area contributed by atoms with Gasteiger partial charge < -0.3 is 10.2 Å². The summed E-state index contributed by atoms with van der Waals surface area (Å²) in [7, 11) is 4.17. The van der Waals surface area contributed by atoms with Crippen LogP contribution in [0.1, 0.15) is 12.5 Å². The highest BCUT2D eigenvalue weighted by molar-refractivity contribution is 5.64. The van der Waals surface area contributed by atoms with Gasteiger partial charge in [0, 0.05) is 19.1 Å². The summed E-state index contributed by atoms with van der Waals surface area (Å²) in [6.07, 6.45) is 0. The van der Waals surface area contributed by atoms with Crippen molar-refractivity contribution < 1.29 is 0 Å². The third kappa shape index (κ3) is 4.60. The lowest BCUT2D eigenvalue weighted by Gasteiger charge is -2.19. The van der Waals surface area contributed by atoms with Gasteiger partial charge in [-0.1, -0.05) is 36.9 Å². The molecule has 1 aromatic carbocycles. The van der Waals surface area contributed by atoms with E-state index in [1.165, 1.54) is 5.56 Å². The molecule has 0 spiro atoms. The Labute approximate surface area is 99.0 Å². The van der Waals surface area contributed by atoms with E-state index in [1.807, 2.05) is 18.2 Å². The van der Waals surface area contributed by atoms with Gasteiger partial charge in [-0.3, -0.25) is 0 Å². The van der Waals surface area contributed by atoms with Gasteiger partial charge in [-0.05, 0) is 32.2 Å². The van der Waals surface area contributed by atoms with Crippen molar-refractivity contribution in [2.75, 3.05) is 27.2 Å². The van der Waals surface area contributed by atoms with Crippen LogP contribution in [0.4, 0.5) is 0 Å². The van der Waals surface area contributed by atoms with Crippen LogP contribution in [-0.2, 0) is 0 Å². The number of benzene rings is 1. The quantitative estimate of drug-likeness (QED) is 0.788. The molecule has 1 atom stereocenters. The Kier molecular flexibility index (Phi) is 5.23. The summed E-state index contributed by atoms with van der Waals surface area (Å²) in [5.41, 5.74) is 2.36. The second-order valence-corrected chi connectivity index (χ2v) is 4.51. The zero-order valence-electron chi connectivity index (χ0n) is 10.5. The molecular formula is C14H22N2. The van der Waals surface area contributed by atoms with Gasteiger partial charge in [0.15, 0.2) is 0 Å². The van der Waals surface area contributed by atoms with Crippen LogP contribution >= 0.6 is 0 Å². The number of nitrogens with zero attached hydrogens (tertiary/aromatic N) is 1. The fourth-order valence-corrected chi connectivity index (χ4v) is 1.69. The molecule has 0 saturated carbocycles. The van der Waals surface area contributed by atoms with Gasteiger partial charge in [-0.2, -0.15) is 0 Å². The molecule has 0 amide bonds. The van der Waals surface area contributed by atoms with Crippen molar-refractivity contribution in [3.8, 4) is 0 Å². The molecule has 1 rings (SSSR count). The molecule has 0 fully saturated rings. The molecule has 0 aliphatic rings. The van der Waals surface area contributed by atoms with Gasteiger partial charge in [-0.15, -0.1) is 0 Å². The van der Waals surface area contributed by atoms with Crippen LogP contribution in [0.25, 0.3) is 5.57 Å². The maximum absolute atomic E-state index is 4.10. The average molecular weight is 218 g/mol. The van der Waals surface area contributed by atoms with E-state index in [-0.39, 0.29) is 0 Å². The van der Waals surface area contributed by atoms with Crippen LogP contribution in [0.3, 0.4) is 0 Å². The van der Waals surface area contributed by atoms with Crippen molar-refractivity contribution in [1.82, 2.24) is 10.2 Å². The summed E-state index contributed by atoms with van der Waals surface area (Å²) in [6.45, 7) is 8.18. The molecule has 0 aromatic heterocycles. The second-order valence-electron chi connectivity index (χ2n) is 4.51. The van der Waals surface area contributed by atoms with Crippen molar-refractivity contribution in [3.63, 3.8) is 0 Å². The number of rotatable bonds is 6. The van der Waals surface area contributed by atoms with Crippen LogP contribution in [-0.4, -0.2) is 38.1 Å². The van der Waals surface area contributed by atoms with Gasteiger partial charge >= 0.3 is 0 Å². The highest BCUT2D eigenvalue weighted by Crippen LogP contribution is 2.10. The predicted molar refractivity (Wildman–Crippen MR) is 71.5 cm³/mol. The van der Waals surface area contributed by atoms with Crippen molar-refractivity contribution >= 4 is 5.57 Å². The molecule has 0 aliphatic carbocycles. The lowest BCUT2D eigenvalue weighted by Crippen LogP contribution is -2.36. The molecule has 1 aromatic rings. The predicted octanol–water partition coefficient (Wildman–Crippen LogP) is 2.24. The molecule has 0 bridgehead atoms. The molecule has 2 heteroatoms. The smallest absolute Gasteiger partial charge is 0.0208 e. The van der Waals surface area contributed by atoms with Crippen molar-refractivity contribution in [3.05, 3.63) is 42.5 Å². The van der Waals surface area contributed by atoms with Crippen LogP contribution < -0.4 is 5.32 Å². The first-order chi connectivity index (χ1) is 7.59. The van der Waals surface area contributed by atoms with Gasteiger partial charge in [0.2, 0.25) is 0 Å². The topological polar surface area (TPSA) is 15.3 Å². The molecule has 0 radical (unpaired) electrons. The van der Waals surface area contributed by atoms with Crippen LogP contribution in [0, 0.1) is 0 Å². The normalized spacial score (nSPS) is 12.8. The first-order valence-corrected chi connectivity index (χ1v) is 5.71. The lowest BCUT2D eigenvalue weighted by atomic mass is 10.1. The number of nitrogens with one attached hydrogen (secondary N) is 1. The summed E-state index contributed by atoms with van der Waals surface area (Å²) < 4.78 is 0. The zero-order valence-corrected chi connectivity index (χ0v) is 10.5. The average Bonchev–Trinajstić information content (AvgIpc) is 2.26. The summed E-state index contributed by atoms with van der Waals surface area (Å²) >= 11 is 0. The summed E-state index contributed by atoms with van der Waals surface area (Å²) in [5.74, 6) is 0. The first-order valence-electron chi connectivity index (χ1n) is 5.71. The van der Waals surface area contributed by atoms with E-state index in [0.29, 0.717) is 6.04 Å². The fourth-order valence-electron chi connectivity index (χ4n) is 1.69. The van der Waals surface area contributed by atoms with Crippen LogP contribution in [0.15, 0.2) is 36.9 Å². The van der Waals surface area contributed by atoms with E-state index in [9.17, 15) is 0 Å². The number of hydrogen-bond acceptors (Lipinski definition) is 2. The molecule has 2 nitrogen and oxygen atoms in total. The Bertz CT molecular complexity index is 317. The minimum atomic E-state index is 0.482. The van der Waals surface area contributed by atoms with Crippen molar-refractivity contribution in [2.45, 2.75) is 13.0 Å². The summed E-state index contributed by atoms with van der Waals surface area (Å²) in [4.78, 5) is 2.18. The van der Waals surface area contributed by atoms with E-state index in [2.05, 4.69) is 49.9 Å². The molecule has 1 N–H and O–H groups in total. The van der Waals surface area contributed by atoms with Gasteiger partial charge in [0.05, 0.1) is 0 Å². The maximum atomic E-state index is 4.10. The highest BCUT2D eigenvalue weighted by atomic mass is 15.1. The standard InChI is InChI=1S/C14H22N2/c1-12(14-8-6-5-7-9-14)10-15-13(2)11-16(3)4/h5-9,13,15H,1,10-11H2,2-4H3. The second kappa shape index (κ2) is 6.46. The van der Waals surface area contributed by atoms with E-state index < -0.39 is 0 Å². The number of likely N-dealkylation sites (N-methyl/N-ethyl adjacent to an activating group) is 1. The van der Waals surface area contributed by atoms with Crippen LogP contribution in [0.5, 0.6) is 0 Å². The zero-order chi connectivity index (χ0) is 12.0. The Balaban J connectivity index is 2.36. The Morgan fingerprint density at radius 1 is 1.31 bits per heavy atom. The molecular weight excluding hydrogens is 196 g/mol. The molecule has 1 unspecified atom stereocenters. The molecule has 0 heterocycles. The van der Waals surface area contributed by atoms with Crippen molar-refractivity contribution in [2.24, 2.45) is 0 Å². The first kappa shape index (κ1) is 12.9. The van der Waals surface area contributed by atoms with Gasteiger partial charge in [0.25, 0.3) is 0 Å². The Morgan fingerprint density at radius 3 is 2.50 bits per heavy atom. The van der Waals surface area contributed by atoms with E-state index >= 15 is 0 Å². The molecule has 0 aliphatic heterocycles. The third-order valence-electron chi connectivity index (χ3n) is 2.48. The van der Waals surface area contributed by atoms with Gasteiger partial charge in [0.1, 0.15) is 0 Å². The van der Waals surface area contributed by atoms with Gasteiger partial charge in [-0.25, -0.2) is 0 Å². The molecule has 16 heavy (non-hydrogen) atoms. The number of hydrogen-bond donors (Lipinski definition) is 1. The largest absolute Gasteiger partial charge is 0.309 e.